The number of rotatable bonds is 10. The summed E-state index contributed by atoms with van der Waals surface area (Å²) >= 11 is 1.38. The Bertz CT molecular complexity index is 1770. The highest BCUT2D eigenvalue weighted by molar-refractivity contribution is 7.17. The summed E-state index contributed by atoms with van der Waals surface area (Å²) in [6.07, 6.45) is 0.979. The average Bonchev–Trinajstić information content (AvgIpc) is 3.32. The molecule has 0 spiro atoms. The van der Waals surface area contributed by atoms with Crippen LogP contribution < -0.4 is 10.1 Å². The summed E-state index contributed by atoms with van der Waals surface area (Å²) in [6, 6.07) is 25.3. The fourth-order valence-electron chi connectivity index (χ4n) is 5.25. The Morgan fingerprint density at radius 3 is 2.40 bits per heavy atom. The molecule has 0 saturated heterocycles. The molecule has 1 amide bonds. The number of hydrogen-bond acceptors (Lipinski definition) is 6. The average molecular weight is 593 g/mol. The van der Waals surface area contributed by atoms with Crippen LogP contribution in [-0.4, -0.2) is 30.1 Å². The van der Waals surface area contributed by atoms with Gasteiger partial charge in [-0.3, -0.25) is 4.79 Å². The van der Waals surface area contributed by atoms with E-state index in [-0.39, 0.29) is 12.5 Å². The van der Waals surface area contributed by atoms with Crippen LogP contribution in [0.2, 0.25) is 0 Å². The van der Waals surface area contributed by atoms with Crippen molar-refractivity contribution in [3.05, 3.63) is 100 Å². The first-order valence-corrected chi connectivity index (χ1v) is 15.4. The van der Waals surface area contributed by atoms with Gasteiger partial charge in [0.05, 0.1) is 30.0 Å². The predicted molar refractivity (Wildman–Crippen MR) is 175 cm³/mol. The van der Waals surface area contributed by atoms with E-state index in [1.54, 1.807) is 13.0 Å². The maximum absolute atomic E-state index is 14.0. The summed E-state index contributed by atoms with van der Waals surface area (Å²) in [5.74, 6) is 0.491. The molecule has 0 aliphatic rings. The highest BCUT2D eigenvalue weighted by Crippen LogP contribution is 2.41. The van der Waals surface area contributed by atoms with E-state index in [1.165, 1.54) is 16.9 Å². The summed E-state index contributed by atoms with van der Waals surface area (Å²) in [5, 5.41) is 4.24. The van der Waals surface area contributed by atoms with Gasteiger partial charge in [0.25, 0.3) is 5.91 Å². The van der Waals surface area contributed by atoms with Gasteiger partial charge in [0, 0.05) is 21.4 Å². The standard InChI is InChI=1S/C36H36N2O4S/c1-6-41-27-12-10-11-26(20-27)31-21-29(28-13-8-9-14-30(28)37-31)34(39)38-35-33(36(40)42-7-2)32(23(5)43-35)25-17-15-24(16-18-25)19-22(3)4/h8-18,20-22H,6-7,19H2,1-5H3,(H,38,39). The smallest absolute Gasteiger partial charge is 0.341 e. The number of thiophene rings is 1. The molecule has 2 heterocycles. The van der Waals surface area contributed by atoms with Gasteiger partial charge in [0.2, 0.25) is 0 Å². The molecule has 0 atom stereocenters. The number of pyridine rings is 1. The normalized spacial score (nSPS) is 11.1. The minimum Gasteiger partial charge on any atom is -0.494 e. The lowest BCUT2D eigenvalue weighted by Gasteiger charge is -2.12. The lowest BCUT2D eigenvalue weighted by Crippen LogP contribution is -2.15. The molecular formula is C36H36N2O4S. The Morgan fingerprint density at radius 1 is 0.907 bits per heavy atom. The second-order valence-electron chi connectivity index (χ2n) is 10.7. The first kappa shape index (κ1) is 30.0. The minimum atomic E-state index is -0.462. The molecule has 2 aromatic heterocycles. The largest absolute Gasteiger partial charge is 0.494 e. The maximum atomic E-state index is 14.0. The third kappa shape index (κ3) is 6.62. The SMILES string of the molecule is CCOC(=O)c1c(NC(=O)c2cc(-c3cccc(OCC)c3)nc3ccccc23)sc(C)c1-c1ccc(CC(C)C)cc1. The molecule has 5 aromatic rings. The lowest BCUT2D eigenvalue weighted by atomic mass is 9.97. The van der Waals surface area contributed by atoms with Crippen molar-refractivity contribution in [2.75, 3.05) is 18.5 Å². The number of carbonyl (C=O) groups is 2. The van der Waals surface area contributed by atoms with Crippen molar-refractivity contribution < 1.29 is 19.1 Å². The molecule has 43 heavy (non-hydrogen) atoms. The molecule has 5 rings (SSSR count). The minimum absolute atomic E-state index is 0.229. The lowest BCUT2D eigenvalue weighted by molar-refractivity contribution is 0.0529. The van der Waals surface area contributed by atoms with Gasteiger partial charge in [0.1, 0.15) is 16.3 Å². The van der Waals surface area contributed by atoms with E-state index in [1.807, 2.05) is 74.5 Å². The van der Waals surface area contributed by atoms with Crippen LogP contribution in [0.25, 0.3) is 33.3 Å². The second kappa shape index (κ2) is 13.2. The van der Waals surface area contributed by atoms with Crippen LogP contribution in [0.1, 0.15) is 58.9 Å². The molecule has 0 unspecified atom stereocenters. The van der Waals surface area contributed by atoms with Crippen LogP contribution >= 0.6 is 11.3 Å². The van der Waals surface area contributed by atoms with Crippen molar-refractivity contribution in [2.45, 2.75) is 41.0 Å². The van der Waals surface area contributed by atoms with Crippen molar-refractivity contribution in [1.82, 2.24) is 4.98 Å². The molecule has 6 nitrogen and oxygen atoms in total. The van der Waals surface area contributed by atoms with E-state index in [2.05, 4.69) is 31.3 Å². The summed E-state index contributed by atoms with van der Waals surface area (Å²) in [5.41, 5.74) is 5.96. The van der Waals surface area contributed by atoms with Gasteiger partial charge >= 0.3 is 5.97 Å². The zero-order chi connectivity index (χ0) is 30.5. The Morgan fingerprint density at radius 2 is 1.67 bits per heavy atom. The van der Waals surface area contributed by atoms with Crippen LogP contribution in [0.5, 0.6) is 5.75 Å². The van der Waals surface area contributed by atoms with E-state index in [0.29, 0.717) is 39.9 Å². The number of esters is 1. The van der Waals surface area contributed by atoms with Gasteiger partial charge in [0.15, 0.2) is 0 Å². The molecular weight excluding hydrogens is 556 g/mol. The number of nitrogens with one attached hydrogen (secondary N) is 1. The number of anilines is 1. The highest BCUT2D eigenvalue weighted by atomic mass is 32.1. The van der Waals surface area contributed by atoms with Crippen molar-refractivity contribution in [3.8, 4) is 28.1 Å². The highest BCUT2D eigenvalue weighted by Gasteiger charge is 2.26. The van der Waals surface area contributed by atoms with E-state index >= 15 is 0 Å². The van der Waals surface area contributed by atoms with Crippen LogP contribution in [-0.2, 0) is 11.2 Å². The quantitative estimate of drug-likeness (QED) is 0.164. The summed E-state index contributed by atoms with van der Waals surface area (Å²) < 4.78 is 11.2. The number of benzene rings is 3. The van der Waals surface area contributed by atoms with E-state index in [4.69, 9.17) is 14.5 Å². The predicted octanol–water partition coefficient (Wildman–Crippen LogP) is 8.96. The summed E-state index contributed by atoms with van der Waals surface area (Å²) in [6.45, 7) is 10.8. The van der Waals surface area contributed by atoms with E-state index < -0.39 is 5.97 Å². The van der Waals surface area contributed by atoms with Gasteiger partial charge in [-0.1, -0.05) is 68.4 Å². The Balaban J connectivity index is 1.56. The first-order valence-electron chi connectivity index (χ1n) is 14.6. The van der Waals surface area contributed by atoms with Gasteiger partial charge in [-0.25, -0.2) is 9.78 Å². The fourth-order valence-corrected chi connectivity index (χ4v) is 6.31. The van der Waals surface area contributed by atoms with Crippen LogP contribution in [0.4, 0.5) is 5.00 Å². The molecule has 220 valence electrons. The zero-order valence-electron chi connectivity index (χ0n) is 25.2. The molecule has 3 aromatic carbocycles. The van der Waals surface area contributed by atoms with Crippen molar-refractivity contribution in [1.29, 1.82) is 0 Å². The van der Waals surface area contributed by atoms with Crippen molar-refractivity contribution in [3.63, 3.8) is 0 Å². The molecule has 1 N–H and O–H groups in total. The number of aryl methyl sites for hydroxylation is 1. The third-order valence-electron chi connectivity index (χ3n) is 7.08. The zero-order valence-corrected chi connectivity index (χ0v) is 26.0. The molecule has 0 fully saturated rings. The van der Waals surface area contributed by atoms with Gasteiger partial charge < -0.3 is 14.8 Å². The Kier molecular flexibility index (Phi) is 9.22. The first-order chi connectivity index (χ1) is 20.8. The second-order valence-corrected chi connectivity index (χ2v) is 12.0. The van der Waals surface area contributed by atoms with E-state index in [9.17, 15) is 9.59 Å². The molecule has 0 aliphatic carbocycles. The van der Waals surface area contributed by atoms with Crippen molar-refractivity contribution in [2.24, 2.45) is 5.92 Å². The van der Waals surface area contributed by atoms with Gasteiger partial charge in [-0.05, 0) is 68.5 Å². The number of fused-ring (bicyclic) bond motifs is 1. The molecule has 0 radical (unpaired) electrons. The topological polar surface area (TPSA) is 77.5 Å². The van der Waals surface area contributed by atoms with Crippen LogP contribution in [0.3, 0.4) is 0 Å². The Hall–Kier alpha value is -4.49. The number of aromatic nitrogens is 1. The molecule has 0 bridgehead atoms. The third-order valence-corrected chi connectivity index (χ3v) is 8.10. The summed E-state index contributed by atoms with van der Waals surface area (Å²) in [7, 11) is 0. The van der Waals surface area contributed by atoms with Crippen molar-refractivity contribution >= 4 is 39.1 Å². The fraction of sp³-hybridized carbons (Fsp3) is 0.250. The number of amides is 1. The molecule has 0 saturated carbocycles. The van der Waals surface area contributed by atoms with Gasteiger partial charge in [-0.15, -0.1) is 11.3 Å². The Labute approximate surface area is 256 Å². The number of ether oxygens (including phenoxy) is 2. The monoisotopic (exact) mass is 592 g/mol. The maximum Gasteiger partial charge on any atom is 0.341 e. The number of hydrogen-bond donors (Lipinski definition) is 1. The van der Waals surface area contributed by atoms with Crippen LogP contribution in [0.15, 0.2) is 78.9 Å². The number of nitrogens with zero attached hydrogens (tertiary/aromatic N) is 1. The summed E-state index contributed by atoms with van der Waals surface area (Å²) in [4.78, 5) is 33.1. The van der Waals surface area contributed by atoms with Gasteiger partial charge in [-0.2, -0.15) is 0 Å². The molecule has 0 aliphatic heterocycles. The number of carbonyl (C=O) groups excluding carboxylic acids is 2. The molecule has 7 heteroatoms. The van der Waals surface area contributed by atoms with Crippen LogP contribution in [0, 0.1) is 12.8 Å². The number of para-hydroxylation sites is 1. The van der Waals surface area contributed by atoms with E-state index in [0.717, 1.165) is 39.1 Å².